The number of hydrogen-bond donors (Lipinski definition) is 2. The summed E-state index contributed by atoms with van der Waals surface area (Å²) >= 11 is 5.66. The van der Waals surface area contributed by atoms with Crippen LogP contribution >= 0.6 is 11.6 Å². The molecule has 0 bridgehead atoms. The molecule has 0 fully saturated rings. The maximum absolute atomic E-state index is 13.0. The van der Waals surface area contributed by atoms with Crippen molar-refractivity contribution in [1.82, 2.24) is 4.72 Å². The lowest BCUT2D eigenvalue weighted by molar-refractivity contribution is -0.384. The summed E-state index contributed by atoms with van der Waals surface area (Å²) in [6.45, 7) is 0. The van der Waals surface area contributed by atoms with E-state index in [1.807, 2.05) is 0 Å². The molecule has 0 amide bonds. The fourth-order valence-corrected chi connectivity index (χ4v) is 3.58. The summed E-state index contributed by atoms with van der Waals surface area (Å²) in [4.78, 5) is 20.7. The van der Waals surface area contributed by atoms with E-state index in [1.165, 1.54) is 12.1 Å². The standard InChI is InChI=1S/C15H12ClFN2O6S/c16-12-6-5-11(7-14(12)19(22)23)26(24,25)18-13(8-15(20)21)9-1-3-10(17)4-2-9/h1-7,13,18H,8H2,(H,20,21). The van der Waals surface area contributed by atoms with E-state index < -0.39 is 49.8 Å². The minimum absolute atomic E-state index is 0.223. The predicted molar refractivity (Wildman–Crippen MR) is 89.8 cm³/mol. The van der Waals surface area contributed by atoms with Gasteiger partial charge in [-0.15, -0.1) is 0 Å². The number of hydrogen-bond acceptors (Lipinski definition) is 5. The number of sulfonamides is 1. The molecule has 2 aromatic carbocycles. The highest BCUT2D eigenvalue weighted by molar-refractivity contribution is 7.89. The van der Waals surface area contributed by atoms with Crippen molar-refractivity contribution < 1.29 is 27.6 Å². The van der Waals surface area contributed by atoms with Crippen LogP contribution in [-0.4, -0.2) is 24.4 Å². The van der Waals surface area contributed by atoms with Gasteiger partial charge in [-0.25, -0.2) is 17.5 Å². The highest BCUT2D eigenvalue weighted by Gasteiger charge is 2.26. The Bertz CT molecular complexity index is 949. The van der Waals surface area contributed by atoms with E-state index in [0.717, 1.165) is 30.3 Å². The number of rotatable bonds is 7. The lowest BCUT2D eigenvalue weighted by Gasteiger charge is -2.17. The normalized spacial score (nSPS) is 12.5. The quantitative estimate of drug-likeness (QED) is 0.541. The largest absolute Gasteiger partial charge is 0.481 e. The van der Waals surface area contributed by atoms with Crippen LogP contribution in [0.1, 0.15) is 18.0 Å². The van der Waals surface area contributed by atoms with E-state index >= 15 is 0 Å². The molecule has 0 saturated heterocycles. The third-order valence-corrected chi connectivity index (χ3v) is 5.16. The Morgan fingerprint density at radius 1 is 1.27 bits per heavy atom. The van der Waals surface area contributed by atoms with Crippen LogP contribution in [0.25, 0.3) is 0 Å². The molecule has 11 heteroatoms. The maximum atomic E-state index is 13.0. The number of carboxylic acid groups (broad SMARTS) is 1. The number of aliphatic carboxylic acids is 1. The zero-order valence-electron chi connectivity index (χ0n) is 12.9. The lowest BCUT2D eigenvalue weighted by atomic mass is 10.1. The second-order valence-electron chi connectivity index (χ2n) is 5.19. The fourth-order valence-electron chi connectivity index (χ4n) is 2.15. The van der Waals surface area contributed by atoms with Gasteiger partial charge >= 0.3 is 5.97 Å². The Kier molecular flexibility index (Phi) is 5.90. The van der Waals surface area contributed by atoms with Gasteiger partial charge in [-0.05, 0) is 29.8 Å². The Balaban J connectivity index is 2.40. The number of nitro benzene ring substituents is 1. The number of carboxylic acids is 1. The molecule has 0 spiro atoms. The molecular formula is C15H12ClFN2O6S. The summed E-state index contributed by atoms with van der Waals surface area (Å²) in [5.41, 5.74) is -0.382. The maximum Gasteiger partial charge on any atom is 0.305 e. The number of nitrogens with one attached hydrogen (secondary N) is 1. The topological polar surface area (TPSA) is 127 Å². The van der Waals surface area contributed by atoms with Crippen LogP contribution in [0.3, 0.4) is 0 Å². The highest BCUT2D eigenvalue weighted by atomic mass is 35.5. The monoisotopic (exact) mass is 402 g/mol. The van der Waals surface area contributed by atoms with Crippen LogP contribution in [-0.2, 0) is 14.8 Å². The number of halogens is 2. The molecule has 0 saturated carbocycles. The minimum Gasteiger partial charge on any atom is -0.481 e. The molecule has 0 radical (unpaired) electrons. The summed E-state index contributed by atoms with van der Waals surface area (Å²) < 4.78 is 40.2. The second-order valence-corrected chi connectivity index (χ2v) is 7.31. The molecule has 26 heavy (non-hydrogen) atoms. The van der Waals surface area contributed by atoms with E-state index in [-0.39, 0.29) is 10.6 Å². The molecule has 2 aromatic rings. The van der Waals surface area contributed by atoms with Crippen LogP contribution in [0.15, 0.2) is 47.4 Å². The predicted octanol–water partition coefficient (Wildman–Crippen LogP) is 2.88. The summed E-state index contributed by atoms with van der Waals surface area (Å²) in [7, 11) is -4.31. The highest BCUT2D eigenvalue weighted by Crippen LogP contribution is 2.28. The average molecular weight is 403 g/mol. The minimum atomic E-state index is -4.31. The van der Waals surface area contributed by atoms with Gasteiger partial charge in [0.2, 0.25) is 10.0 Å². The van der Waals surface area contributed by atoms with Gasteiger partial charge in [-0.3, -0.25) is 14.9 Å². The summed E-state index contributed by atoms with van der Waals surface area (Å²) in [6, 6.07) is 6.29. The molecule has 2 N–H and O–H groups in total. The first kappa shape index (κ1) is 19.8. The van der Waals surface area contributed by atoms with Crippen LogP contribution in [0, 0.1) is 15.9 Å². The van der Waals surface area contributed by atoms with Crippen molar-refractivity contribution in [3.8, 4) is 0 Å². The van der Waals surface area contributed by atoms with Crippen molar-refractivity contribution in [2.24, 2.45) is 0 Å². The third-order valence-electron chi connectivity index (χ3n) is 3.37. The Hall–Kier alpha value is -2.56. The molecule has 1 atom stereocenters. The third kappa shape index (κ3) is 4.75. The summed E-state index contributed by atoms with van der Waals surface area (Å²) in [6.07, 6.45) is -0.611. The van der Waals surface area contributed by atoms with Gasteiger partial charge in [0.05, 0.1) is 22.3 Å². The van der Waals surface area contributed by atoms with Gasteiger partial charge < -0.3 is 5.11 Å². The van der Waals surface area contributed by atoms with Crippen molar-refractivity contribution in [2.45, 2.75) is 17.4 Å². The van der Waals surface area contributed by atoms with E-state index in [9.17, 15) is 27.7 Å². The number of benzene rings is 2. The number of nitro groups is 1. The Morgan fingerprint density at radius 3 is 2.42 bits per heavy atom. The molecule has 2 rings (SSSR count). The van der Waals surface area contributed by atoms with Crippen LogP contribution in [0.5, 0.6) is 0 Å². The molecule has 1 unspecified atom stereocenters. The van der Waals surface area contributed by atoms with E-state index in [1.54, 1.807) is 0 Å². The fraction of sp³-hybridized carbons (Fsp3) is 0.133. The van der Waals surface area contributed by atoms with Gasteiger partial charge in [-0.1, -0.05) is 23.7 Å². The summed E-state index contributed by atoms with van der Waals surface area (Å²) in [5, 5.41) is 19.7. The zero-order chi connectivity index (χ0) is 19.5. The molecule has 0 aliphatic carbocycles. The Morgan fingerprint density at radius 2 is 1.88 bits per heavy atom. The van der Waals surface area contributed by atoms with Crippen molar-refractivity contribution in [3.63, 3.8) is 0 Å². The van der Waals surface area contributed by atoms with Crippen LogP contribution in [0.4, 0.5) is 10.1 Å². The smallest absolute Gasteiger partial charge is 0.305 e. The van der Waals surface area contributed by atoms with Crippen LogP contribution < -0.4 is 4.72 Å². The number of nitrogens with zero attached hydrogens (tertiary/aromatic N) is 1. The first-order chi connectivity index (χ1) is 12.1. The van der Waals surface area contributed by atoms with Gasteiger partial charge in [-0.2, -0.15) is 0 Å². The molecule has 0 heterocycles. The molecule has 0 aromatic heterocycles. The van der Waals surface area contributed by atoms with Crippen molar-refractivity contribution in [3.05, 3.63) is 69.0 Å². The second kappa shape index (κ2) is 7.77. The Labute approximate surface area is 152 Å². The molecule has 0 aliphatic heterocycles. The van der Waals surface area contributed by atoms with Gasteiger partial charge in [0, 0.05) is 6.07 Å². The zero-order valence-corrected chi connectivity index (χ0v) is 14.5. The van der Waals surface area contributed by atoms with Crippen molar-refractivity contribution in [1.29, 1.82) is 0 Å². The first-order valence-electron chi connectivity index (χ1n) is 7.03. The average Bonchev–Trinajstić information content (AvgIpc) is 2.54. The lowest BCUT2D eigenvalue weighted by Crippen LogP contribution is -2.30. The first-order valence-corrected chi connectivity index (χ1v) is 8.90. The molecular weight excluding hydrogens is 391 g/mol. The van der Waals surface area contributed by atoms with E-state index in [4.69, 9.17) is 16.7 Å². The van der Waals surface area contributed by atoms with Crippen molar-refractivity contribution >= 4 is 33.3 Å². The summed E-state index contributed by atoms with van der Waals surface area (Å²) in [5.74, 6) is -1.86. The number of carbonyl (C=O) groups is 1. The van der Waals surface area contributed by atoms with Crippen molar-refractivity contribution in [2.75, 3.05) is 0 Å². The van der Waals surface area contributed by atoms with Gasteiger partial charge in [0.15, 0.2) is 0 Å². The van der Waals surface area contributed by atoms with E-state index in [0.29, 0.717) is 0 Å². The SMILES string of the molecule is O=C(O)CC(NS(=O)(=O)c1ccc(Cl)c([N+](=O)[O-])c1)c1ccc(F)cc1. The van der Waals surface area contributed by atoms with Gasteiger partial charge in [0.1, 0.15) is 10.8 Å². The molecule has 8 nitrogen and oxygen atoms in total. The molecule has 0 aliphatic rings. The molecule has 138 valence electrons. The van der Waals surface area contributed by atoms with Crippen LogP contribution in [0.2, 0.25) is 5.02 Å². The van der Waals surface area contributed by atoms with E-state index in [2.05, 4.69) is 4.72 Å². The van der Waals surface area contributed by atoms with Gasteiger partial charge in [0.25, 0.3) is 5.69 Å².